The molecule has 1 aromatic carbocycles. The van der Waals surface area contributed by atoms with E-state index in [9.17, 15) is 22.8 Å². The van der Waals surface area contributed by atoms with E-state index in [1.807, 2.05) is 5.32 Å². The highest BCUT2D eigenvalue weighted by atomic mass is 19.4. The molecule has 1 aliphatic heterocycles. The lowest BCUT2D eigenvalue weighted by molar-refractivity contribution is -0.320. The highest BCUT2D eigenvalue weighted by molar-refractivity contribution is 6.01. The fourth-order valence-corrected chi connectivity index (χ4v) is 1.74. The molecule has 0 saturated heterocycles. The first kappa shape index (κ1) is 14.2. The average Bonchev–Trinajstić information content (AvgIpc) is 2.28. The molecule has 2 rings (SSSR count). The van der Waals surface area contributed by atoms with Gasteiger partial charge in [0.1, 0.15) is 5.75 Å². The average molecular weight is 289 g/mol. The zero-order valence-corrected chi connectivity index (χ0v) is 10.5. The molecule has 1 unspecified atom stereocenters. The van der Waals surface area contributed by atoms with Crippen molar-refractivity contribution in [3.8, 4) is 5.75 Å². The van der Waals surface area contributed by atoms with Crippen LogP contribution >= 0.6 is 0 Å². The lowest BCUT2D eigenvalue weighted by Crippen LogP contribution is -2.63. The lowest BCUT2D eigenvalue weighted by atomic mass is 10.1. The summed E-state index contributed by atoms with van der Waals surface area (Å²) in [7, 11) is 0. The van der Waals surface area contributed by atoms with E-state index in [1.54, 1.807) is 13.0 Å². The van der Waals surface area contributed by atoms with Crippen LogP contribution in [0, 0.1) is 6.92 Å². The number of hydrogen-bond donors (Lipinski definition) is 1. The summed E-state index contributed by atoms with van der Waals surface area (Å²) >= 11 is 0. The van der Waals surface area contributed by atoms with Gasteiger partial charge in [-0.2, -0.15) is 13.2 Å². The van der Waals surface area contributed by atoms with Gasteiger partial charge in [-0.1, -0.05) is 6.07 Å². The maximum atomic E-state index is 13.1. The molecule has 5 nitrogen and oxygen atoms in total. The van der Waals surface area contributed by atoms with Gasteiger partial charge in [-0.15, -0.1) is 0 Å². The zero-order valence-electron chi connectivity index (χ0n) is 10.5. The SMILES string of the molecule is CC(=O)OC1(C(F)(F)F)Oc2cc(C)ccc2NC1=O. The highest BCUT2D eigenvalue weighted by Crippen LogP contribution is 2.43. The summed E-state index contributed by atoms with van der Waals surface area (Å²) in [6, 6.07) is 4.30. The van der Waals surface area contributed by atoms with E-state index in [4.69, 9.17) is 4.74 Å². The van der Waals surface area contributed by atoms with E-state index in [-0.39, 0.29) is 11.4 Å². The Hall–Kier alpha value is -2.25. The van der Waals surface area contributed by atoms with Crippen LogP contribution in [0.25, 0.3) is 0 Å². The molecule has 1 N–H and O–H groups in total. The normalized spacial score (nSPS) is 21.6. The first-order valence-electron chi connectivity index (χ1n) is 5.53. The summed E-state index contributed by atoms with van der Waals surface area (Å²) in [5.41, 5.74) is 0.700. The van der Waals surface area contributed by atoms with Crippen molar-refractivity contribution < 1.29 is 32.2 Å². The van der Waals surface area contributed by atoms with Gasteiger partial charge in [-0.3, -0.25) is 9.59 Å². The Morgan fingerprint density at radius 2 is 2.05 bits per heavy atom. The van der Waals surface area contributed by atoms with Crippen LogP contribution < -0.4 is 10.1 Å². The minimum atomic E-state index is -5.22. The van der Waals surface area contributed by atoms with Crippen LogP contribution in [0.5, 0.6) is 5.75 Å². The number of halogens is 3. The third kappa shape index (κ3) is 2.17. The van der Waals surface area contributed by atoms with Gasteiger partial charge < -0.3 is 14.8 Å². The molecule has 1 atom stereocenters. The molecule has 0 aromatic heterocycles. The van der Waals surface area contributed by atoms with Gasteiger partial charge >= 0.3 is 23.8 Å². The second kappa shape index (κ2) is 4.39. The molecule has 0 saturated carbocycles. The van der Waals surface area contributed by atoms with Gasteiger partial charge in [-0.25, -0.2) is 0 Å². The molecule has 108 valence electrons. The number of carbonyl (C=O) groups is 2. The molecule has 1 amide bonds. The van der Waals surface area contributed by atoms with Crippen LogP contribution in [-0.4, -0.2) is 23.8 Å². The van der Waals surface area contributed by atoms with Gasteiger partial charge in [0, 0.05) is 6.92 Å². The smallest absolute Gasteiger partial charge is 0.435 e. The first-order valence-corrected chi connectivity index (χ1v) is 5.53. The van der Waals surface area contributed by atoms with Crippen LogP contribution in [0.15, 0.2) is 18.2 Å². The van der Waals surface area contributed by atoms with Crippen LogP contribution in [-0.2, 0) is 14.3 Å². The summed E-state index contributed by atoms with van der Waals surface area (Å²) in [4.78, 5) is 22.6. The van der Waals surface area contributed by atoms with Crippen molar-refractivity contribution in [2.45, 2.75) is 25.8 Å². The number of rotatable bonds is 1. The van der Waals surface area contributed by atoms with Crippen LogP contribution in [0.1, 0.15) is 12.5 Å². The molecule has 1 aromatic rings. The molecule has 0 bridgehead atoms. The van der Waals surface area contributed by atoms with Gasteiger partial charge in [0.25, 0.3) is 0 Å². The van der Waals surface area contributed by atoms with Crippen molar-refractivity contribution in [1.29, 1.82) is 0 Å². The van der Waals surface area contributed by atoms with Gasteiger partial charge in [0.2, 0.25) is 0 Å². The van der Waals surface area contributed by atoms with E-state index in [2.05, 4.69) is 4.74 Å². The maximum Gasteiger partial charge on any atom is 0.478 e. The molecular weight excluding hydrogens is 279 g/mol. The van der Waals surface area contributed by atoms with Gasteiger partial charge in [0.15, 0.2) is 0 Å². The number of anilines is 1. The number of ether oxygens (including phenoxy) is 2. The Kier molecular flexibility index (Phi) is 3.11. The second-order valence-electron chi connectivity index (χ2n) is 4.26. The van der Waals surface area contributed by atoms with Crippen molar-refractivity contribution in [3.05, 3.63) is 23.8 Å². The largest absolute Gasteiger partial charge is 0.478 e. The zero-order chi connectivity index (χ0) is 15.1. The van der Waals surface area contributed by atoms with E-state index < -0.39 is 23.8 Å². The van der Waals surface area contributed by atoms with E-state index in [0.29, 0.717) is 5.56 Å². The van der Waals surface area contributed by atoms with E-state index in [0.717, 1.165) is 6.92 Å². The Morgan fingerprint density at radius 3 is 2.60 bits per heavy atom. The maximum absolute atomic E-state index is 13.1. The lowest BCUT2D eigenvalue weighted by Gasteiger charge is -2.36. The minimum absolute atomic E-state index is 0.0765. The van der Waals surface area contributed by atoms with Crippen molar-refractivity contribution >= 4 is 17.6 Å². The molecule has 1 aliphatic rings. The van der Waals surface area contributed by atoms with Crippen molar-refractivity contribution in [2.75, 3.05) is 5.32 Å². The molecular formula is C12H10F3NO4. The minimum Gasteiger partial charge on any atom is -0.435 e. The van der Waals surface area contributed by atoms with Crippen molar-refractivity contribution in [1.82, 2.24) is 0 Å². The number of benzene rings is 1. The predicted octanol–water partition coefficient (Wildman–Crippen LogP) is 2.15. The number of aryl methyl sites for hydroxylation is 1. The summed E-state index contributed by atoms with van der Waals surface area (Å²) < 4.78 is 48.3. The summed E-state index contributed by atoms with van der Waals surface area (Å²) in [6.07, 6.45) is -5.22. The molecule has 0 aliphatic carbocycles. The Morgan fingerprint density at radius 1 is 1.40 bits per heavy atom. The molecule has 0 spiro atoms. The number of nitrogens with one attached hydrogen (secondary N) is 1. The van der Waals surface area contributed by atoms with Crippen molar-refractivity contribution in [3.63, 3.8) is 0 Å². The molecule has 0 radical (unpaired) electrons. The Bertz CT molecular complexity index is 585. The third-order valence-corrected chi connectivity index (χ3v) is 2.60. The summed E-state index contributed by atoms with van der Waals surface area (Å²) in [5.74, 6) is -6.77. The number of hydrogen-bond acceptors (Lipinski definition) is 4. The molecule has 8 heteroatoms. The Balaban J connectivity index is 2.54. The van der Waals surface area contributed by atoms with Crippen LogP contribution in [0.3, 0.4) is 0 Å². The predicted molar refractivity (Wildman–Crippen MR) is 61.0 cm³/mol. The number of esters is 1. The highest BCUT2D eigenvalue weighted by Gasteiger charge is 2.69. The number of amides is 1. The third-order valence-electron chi connectivity index (χ3n) is 2.60. The quantitative estimate of drug-likeness (QED) is 0.804. The second-order valence-corrected chi connectivity index (χ2v) is 4.26. The fraction of sp³-hybridized carbons (Fsp3) is 0.333. The van der Waals surface area contributed by atoms with Gasteiger partial charge in [0.05, 0.1) is 5.69 Å². The first-order chi connectivity index (χ1) is 9.15. The summed E-state index contributed by atoms with van der Waals surface area (Å²) in [6.45, 7) is 2.40. The Labute approximate surface area is 111 Å². The van der Waals surface area contributed by atoms with E-state index >= 15 is 0 Å². The number of carbonyl (C=O) groups excluding carboxylic acids is 2. The summed E-state index contributed by atoms with van der Waals surface area (Å²) in [5, 5.41) is 2.03. The number of fused-ring (bicyclic) bond motifs is 1. The molecule has 20 heavy (non-hydrogen) atoms. The topological polar surface area (TPSA) is 64.6 Å². The van der Waals surface area contributed by atoms with Gasteiger partial charge in [-0.05, 0) is 24.6 Å². The standard InChI is InChI=1S/C12H10F3NO4/c1-6-3-4-8-9(5-6)20-11(10(18)16-8,12(13,14)15)19-7(2)17/h3-5H,1-2H3,(H,16,18). The van der Waals surface area contributed by atoms with Crippen LogP contribution in [0.4, 0.5) is 18.9 Å². The number of alkyl halides is 3. The fourth-order valence-electron chi connectivity index (χ4n) is 1.74. The molecule has 0 fully saturated rings. The van der Waals surface area contributed by atoms with Crippen molar-refractivity contribution in [2.24, 2.45) is 0 Å². The van der Waals surface area contributed by atoms with E-state index in [1.165, 1.54) is 12.1 Å². The monoisotopic (exact) mass is 289 g/mol. The van der Waals surface area contributed by atoms with Crippen LogP contribution in [0.2, 0.25) is 0 Å². The molecule has 1 heterocycles.